The van der Waals surface area contributed by atoms with E-state index in [0.29, 0.717) is 24.4 Å². The molecule has 2 nitrogen and oxygen atoms in total. The van der Waals surface area contributed by atoms with Crippen LogP contribution in [0.4, 0.5) is 0 Å². The van der Waals surface area contributed by atoms with E-state index in [2.05, 4.69) is 12.1 Å². The first-order valence-electron chi connectivity index (χ1n) is 4.81. The van der Waals surface area contributed by atoms with Crippen molar-refractivity contribution in [3.05, 3.63) is 35.9 Å². The average Bonchev–Trinajstić information content (AvgIpc) is 2.17. The number of nitrogens with one attached hydrogen (secondary N) is 2. The number of hydrogen-bond donors (Lipinski definition) is 2. The zero-order valence-electron chi connectivity index (χ0n) is 8.46. The minimum absolute atomic E-state index is 0.228. The second-order valence-electron chi connectivity index (χ2n) is 3.60. The van der Waals surface area contributed by atoms with Crippen molar-refractivity contribution in [2.75, 3.05) is 0 Å². The fourth-order valence-corrected chi connectivity index (χ4v) is 3.00. The van der Waals surface area contributed by atoms with Crippen LogP contribution in [0, 0.1) is 16.7 Å². The summed E-state index contributed by atoms with van der Waals surface area (Å²) in [7, 11) is 0. The summed E-state index contributed by atoms with van der Waals surface area (Å²) < 4.78 is 0.858. The predicted molar refractivity (Wildman–Crippen MR) is 63.3 cm³/mol. The van der Waals surface area contributed by atoms with Crippen molar-refractivity contribution < 1.29 is 0 Å². The second-order valence-corrected chi connectivity index (χ2v) is 7.05. The Morgan fingerprint density at radius 3 is 2.50 bits per heavy atom. The van der Waals surface area contributed by atoms with E-state index in [4.69, 9.17) is 10.8 Å². The van der Waals surface area contributed by atoms with Crippen molar-refractivity contribution in [3.63, 3.8) is 0 Å². The maximum absolute atomic E-state index is 7.48. The van der Waals surface area contributed by atoms with Gasteiger partial charge in [0.15, 0.2) is 0 Å². The van der Waals surface area contributed by atoms with Gasteiger partial charge in [-0.05, 0) is 0 Å². The van der Waals surface area contributed by atoms with Gasteiger partial charge in [0.05, 0.1) is 0 Å². The van der Waals surface area contributed by atoms with Crippen LogP contribution in [-0.4, -0.2) is 34.1 Å². The minimum atomic E-state index is 0.228. The average molecular weight is 290 g/mol. The van der Waals surface area contributed by atoms with Crippen molar-refractivity contribution in [2.45, 2.75) is 12.8 Å². The van der Waals surface area contributed by atoms with Crippen molar-refractivity contribution >= 4 is 34.1 Å². The molecule has 14 heavy (non-hydrogen) atoms. The molecule has 1 unspecified atom stereocenters. The Balaban J connectivity index is 2.57. The van der Waals surface area contributed by atoms with Gasteiger partial charge in [-0.3, -0.25) is 0 Å². The third-order valence-electron chi connectivity index (χ3n) is 2.14. The van der Waals surface area contributed by atoms with Gasteiger partial charge in [-0.2, -0.15) is 0 Å². The molecule has 2 N–H and O–H groups in total. The van der Waals surface area contributed by atoms with E-state index < -0.39 is 0 Å². The van der Waals surface area contributed by atoms with Crippen LogP contribution < -0.4 is 0 Å². The summed E-state index contributed by atoms with van der Waals surface area (Å²) in [5.41, 5.74) is 1.26. The van der Waals surface area contributed by atoms with E-state index in [1.165, 1.54) is 11.8 Å². The molecule has 1 rings (SSSR count). The molecule has 0 aliphatic heterocycles. The molecule has 72 valence electrons. The second kappa shape index (κ2) is 6.02. The van der Waals surface area contributed by atoms with Gasteiger partial charge in [-0.15, -0.1) is 0 Å². The molecule has 0 spiro atoms. The summed E-state index contributed by atoms with van der Waals surface area (Å²) in [6.07, 6.45) is 3.16. The Morgan fingerprint density at radius 1 is 1.36 bits per heavy atom. The Morgan fingerprint density at radius 2 is 2.00 bits per heavy atom. The number of rotatable bonds is 5. The third kappa shape index (κ3) is 4.09. The summed E-state index contributed by atoms with van der Waals surface area (Å²) in [6.45, 7) is 0. The maximum atomic E-state index is 7.48. The normalized spacial score (nSPS) is 12.0. The van der Waals surface area contributed by atoms with Crippen LogP contribution in [0.15, 0.2) is 30.3 Å². The molecule has 0 amide bonds. The summed E-state index contributed by atoms with van der Waals surface area (Å²) in [4.78, 5) is 0. The Kier molecular flexibility index (Phi) is 4.94. The van der Waals surface area contributed by atoms with Crippen LogP contribution in [0.2, 0.25) is 0 Å². The van der Waals surface area contributed by atoms with E-state index in [0.717, 1.165) is 16.3 Å². The van der Waals surface area contributed by atoms with Gasteiger partial charge >= 0.3 is 99.5 Å². The molecule has 3 heteroatoms. The molecule has 0 radical (unpaired) electrons. The van der Waals surface area contributed by atoms with Gasteiger partial charge in [0, 0.05) is 0 Å². The quantitative estimate of drug-likeness (QED) is 0.772. The first kappa shape index (κ1) is 11.5. The first-order valence-corrected chi connectivity index (χ1v) is 7.66. The van der Waals surface area contributed by atoms with Crippen LogP contribution in [0.3, 0.4) is 0 Å². The molecule has 0 bridgehead atoms. The number of hydrogen-bond acceptors (Lipinski definition) is 2. The van der Waals surface area contributed by atoms with Crippen molar-refractivity contribution in [3.8, 4) is 0 Å². The van der Waals surface area contributed by atoms with Crippen LogP contribution in [0.1, 0.15) is 12.0 Å². The Bertz CT molecular complexity index is 308. The summed E-state index contributed by atoms with van der Waals surface area (Å²) in [5.74, 6) is 0.228. The van der Waals surface area contributed by atoms with Gasteiger partial charge in [0.2, 0.25) is 0 Å². The van der Waals surface area contributed by atoms with E-state index in [-0.39, 0.29) is 5.92 Å². The third-order valence-corrected chi connectivity index (χ3v) is 3.31. The molecule has 0 aliphatic rings. The van der Waals surface area contributed by atoms with Gasteiger partial charge in [-0.1, -0.05) is 0 Å². The van der Waals surface area contributed by atoms with Gasteiger partial charge in [-0.25, -0.2) is 0 Å². The van der Waals surface area contributed by atoms with Crippen molar-refractivity contribution in [1.82, 2.24) is 0 Å². The molecule has 0 fully saturated rings. The molecule has 1 atom stereocenters. The Labute approximate surface area is 99.3 Å². The van der Waals surface area contributed by atoms with Crippen LogP contribution in [0.5, 0.6) is 0 Å². The van der Waals surface area contributed by atoms with Crippen molar-refractivity contribution in [2.24, 2.45) is 5.92 Å². The molecule has 0 aliphatic carbocycles. The van der Waals surface area contributed by atoms with Gasteiger partial charge in [0.1, 0.15) is 0 Å². The van der Waals surface area contributed by atoms with E-state index >= 15 is 0 Å². The van der Waals surface area contributed by atoms with Crippen LogP contribution in [-0.2, 0) is 6.42 Å². The standard InChI is InChI=1S/C11H13N2.In.2H/c12-7-6-11(9-13)8-10-4-2-1-3-5-10;;;/h1-5,9,11-13H,6,8H2;;;. The fourth-order valence-electron chi connectivity index (χ4n) is 1.50. The summed E-state index contributed by atoms with van der Waals surface area (Å²) in [5, 5.41) is 14.8. The molecular formula is C11H15InN2. The molecule has 1 aromatic rings. The van der Waals surface area contributed by atoms with Gasteiger partial charge < -0.3 is 0 Å². The SMILES string of the molecule is N=CC(C[C](=N)[InH2])Cc1ccccc1. The molecule has 0 heterocycles. The zero-order valence-corrected chi connectivity index (χ0v) is 14.2. The molecule has 0 saturated carbocycles. The molecule has 0 saturated heterocycles. The first-order chi connectivity index (χ1) is 6.72. The van der Waals surface area contributed by atoms with E-state index in [9.17, 15) is 0 Å². The topological polar surface area (TPSA) is 47.7 Å². The summed E-state index contributed by atoms with van der Waals surface area (Å²) in [6, 6.07) is 10.2. The van der Waals surface area contributed by atoms with Crippen LogP contribution >= 0.6 is 0 Å². The Hall–Kier alpha value is -0.570. The molecule has 0 aromatic heterocycles. The molecular weight excluding hydrogens is 275 g/mol. The monoisotopic (exact) mass is 290 g/mol. The fraction of sp³-hybridized carbons (Fsp3) is 0.273. The van der Waals surface area contributed by atoms with Crippen LogP contribution in [0.25, 0.3) is 0 Å². The van der Waals surface area contributed by atoms with E-state index in [1.807, 2.05) is 18.2 Å². The molecule has 1 aromatic carbocycles. The van der Waals surface area contributed by atoms with E-state index in [1.54, 1.807) is 0 Å². The predicted octanol–water partition coefficient (Wildman–Crippen LogP) is 1.50. The van der Waals surface area contributed by atoms with Gasteiger partial charge in [0.25, 0.3) is 0 Å². The zero-order chi connectivity index (χ0) is 10.4. The summed E-state index contributed by atoms with van der Waals surface area (Å²) >= 11 is 0.319. The van der Waals surface area contributed by atoms with Crippen molar-refractivity contribution in [1.29, 1.82) is 10.8 Å². The number of benzene rings is 1.